The van der Waals surface area contributed by atoms with Crippen LogP contribution < -0.4 is 15.7 Å². The number of hydrogen-bond acceptors (Lipinski definition) is 2. The van der Waals surface area contributed by atoms with Crippen LogP contribution >= 0.6 is 0 Å². The zero-order valence-electron chi connectivity index (χ0n) is 7.01. The summed E-state index contributed by atoms with van der Waals surface area (Å²) >= 11 is 0. The van der Waals surface area contributed by atoms with Crippen molar-refractivity contribution in [2.75, 3.05) is 0 Å². The second-order valence-corrected chi connectivity index (χ2v) is 3.05. The summed E-state index contributed by atoms with van der Waals surface area (Å²) in [7, 11) is 0. The Kier molecular flexibility index (Phi) is 1.19. The second-order valence-electron chi connectivity index (χ2n) is 3.05. The Bertz CT molecular complexity index is 523. The highest BCUT2D eigenvalue weighted by Gasteiger charge is 2.23. The first-order valence-corrected chi connectivity index (χ1v) is 4.27. The largest absolute Gasteiger partial charge is 0.320 e. The van der Waals surface area contributed by atoms with Gasteiger partial charge in [-0.3, -0.25) is 0 Å². The van der Waals surface area contributed by atoms with Gasteiger partial charge < -0.3 is 0 Å². The van der Waals surface area contributed by atoms with Crippen molar-refractivity contribution in [2.45, 2.75) is 0 Å². The van der Waals surface area contributed by atoms with E-state index >= 15 is 0 Å². The summed E-state index contributed by atoms with van der Waals surface area (Å²) in [5.74, 6) is 0. The molecule has 1 aromatic carbocycles. The maximum absolute atomic E-state index is 4.43. The normalized spacial score (nSPS) is 16.9. The third kappa shape index (κ3) is 0.855. The van der Waals surface area contributed by atoms with Crippen molar-refractivity contribution >= 4 is 5.70 Å². The van der Waals surface area contributed by atoms with E-state index in [2.05, 4.69) is 17.2 Å². The SMILES string of the molecule is C1=CC2=c3ccccc3=[N+]N2C=C1. The number of hydrogen-bond donors (Lipinski definition) is 0. The van der Waals surface area contributed by atoms with E-state index in [1.807, 2.05) is 41.6 Å². The quantitative estimate of drug-likeness (QED) is 0.535. The predicted octanol–water partition coefficient (Wildman–Crippen LogP) is 0.0643. The van der Waals surface area contributed by atoms with E-state index < -0.39 is 0 Å². The average Bonchev–Trinajstić information content (AvgIpc) is 2.56. The van der Waals surface area contributed by atoms with Gasteiger partial charge in [0.25, 0.3) is 0 Å². The molecule has 1 aromatic rings. The minimum absolute atomic E-state index is 1.05. The Hall–Kier alpha value is -1.83. The predicted molar refractivity (Wildman–Crippen MR) is 50.5 cm³/mol. The van der Waals surface area contributed by atoms with E-state index in [1.54, 1.807) is 0 Å². The van der Waals surface area contributed by atoms with Crippen molar-refractivity contribution in [1.29, 1.82) is 0 Å². The van der Waals surface area contributed by atoms with Crippen molar-refractivity contribution in [1.82, 2.24) is 10.1 Å². The van der Waals surface area contributed by atoms with Gasteiger partial charge in [0.15, 0.2) is 5.10 Å². The molecule has 2 heteroatoms. The Balaban J connectivity index is 2.44. The average molecular weight is 168 g/mol. The monoisotopic (exact) mass is 168 g/mol. The van der Waals surface area contributed by atoms with Crippen LogP contribution in [-0.2, 0) is 0 Å². The third-order valence-electron chi connectivity index (χ3n) is 2.23. The molecule has 0 N–H and O–H groups in total. The first-order valence-electron chi connectivity index (χ1n) is 4.27. The van der Waals surface area contributed by atoms with E-state index in [-0.39, 0.29) is 0 Å². The van der Waals surface area contributed by atoms with Crippen LogP contribution in [0.5, 0.6) is 0 Å². The Morgan fingerprint density at radius 1 is 1.08 bits per heavy atom. The van der Waals surface area contributed by atoms with Gasteiger partial charge in [0, 0.05) is 6.07 Å². The second kappa shape index (κ2) is 2.33. The van der Waals surface area contributed by atoms with Gasteiger partial charge in [-0.15, -0.1) is 0 Å². The van der Waals surface area contributed by atoms with Crippen LogP contribution in [0.4, 0.5) is 0 Å². The molecule has 61 valence electrons. The van der Waals surface area contributed by atoms with Crippen molar-refractivity contribution in [3.8, 4) is 0 Å². The van der Waals surface area contributed by atoms with Crippen LogP contribution in [-0.4, -0.2) is 5.01 Å². The number of fused-ring (bicyclic) bond motifs is 2. The summed E-state index contributed by atoms with van der Waals surface area (Å²) in [6.45, 7) is 0. The topological polar surface area (TPSA) is 17.3 Å². The molecule has 0 aliphatic carbocycles. The van der Waals surface area contributed by atoms with E-state index in [0.29, 0.717) is 0 Å². The highest BCUT2D eigenvalue weighted by atomic mass is 15.5. The summed E-state index contributed by atoms with van der Waals surface area (Å²) in [4.78, 5) is 0. The van der Waals surface area contributed by atoms with Gasteiger partial charge in [-0.1, -0.05) is 23.2 Å². The Morgan fingerprint density at radius 3 is 3.00 bits per heavy atom. The van der Waals surface area contributed by atoms with E-state index in [0.717, 1.165) is 11.1 Å². The van der Waals surface area contributed by atoms with Crippen molar-refractivity contribution in [3.63, 3.8) is 0 Å². The maximum Gasteiger partial charge on any atom is 0.320 e. The molecule has 1 radical (unpaired) electrons. The first kappa shape index (κ1) is 6.66. The summed E-state index contributed by atoms with van der Waals surface area (Å²) in [6, 6.07) is 8.17. The molecular formula is C11H8N2+. The van der Waals surface area contributed by atoms with Crippen LogP contribution in [0.3, 0.4) is 0 Å². The standard InChI is InChI=1S/C11H8N2/c1-2-6-10-9(5-1)11-7-3-4-8-13(11)12-10/h1-8H/q+1. The Morgan fingerprint density at radius 2 is 2.00 bits per heavy atom. The first-order chi connectivity index (χ1) is 6.45. The lowest BCUT2D eigenvalue weighted by atomic mass is 10.2. The van der Waals surface area contributed by atoms with Crippen LogP contribution in [0.1, 0.15) is 0 Å². The molecule has 2 aliphatic rings. The zero-order chi connectivity index (χ0) is 8.67. The van der Waals surface area contributed by atoms with Gasteiger partial charge >= 0.3 is 5.36 Å². The van der Waals surface area contributed by atoms with Crippen molar-refractivity contribution in [3.05, 3.63) is 59.3 Å². The molecule has 2 nitrogen and oxygen atoms in total. The number of allylic oxidation sites excluding steroid dienone is 2. The maximum atomic E-state index is 4.43. The molecule has 0 amide bonds. The van der Waals surface area contributed by atoms with E-state index in [9.17, 15) is 0 Å². The molecule has 0 saturated carbocycles. The number of nitrogens with zero attached hydrogens (tertiary/aromatic N) is 2. The highest BCUT2D eigenvalue weighted by Crippen LogP contribution is 2.09. The fourth-order valence-corrected chi connectivity index (χ4v) is 1.63. The molecule has 0 unspecified atom stereocenters. The molecule has 0 atom stereocenters. The summed E-state index contributed by atoms with van der Waals surface area (Å²) in [5, 5.41) is 8.60. The van der Waals surface area contributed by atoms with Gasteiger partial charge in [0.1, 0.15) is 5.70 Å². The molecule has 0 saturated heterocycles. The lowest BCUT2D eigenvalue weighted by Crippen LogP contribution is -2.24. The third-order valence-corrected chi connectivity index (χ3v) is 2.23. The summed E-state index contributed by atoms with van der Waals surface area (Å²) in [6.07, 6.45) is 8.06. The molecular weight excluding hydrogens is 160 g/mol. The van der Waals surface area contributed by atoms with Gasteiger partial charge in [0.2, 0.25) is 0 Å². The zero-order valence-corrected chi connectivity index (χ0v) is 7.01. The van der Waals surface area contributed by atoms with Gasteiger partial charge in [-0.25, -0.2) is 0 Å². The molecule has 0 fully saturated rings. The summed E-state index contributed by atoms with van der Waals surface area (Å²) < 4.78 is 0. The molecule has 0 spiro atoms. The van der Waals surface area contributed by atoms with Gasteiger partial charge in [-0.2, -0.15) is 0 Å². The minimum Gasteiger partial charge on any atom is -0.0622 e. The smallest absolute Gasteiger partial charge is 0.0622 e. The molecule has 3 rings (SSSR count). The molecule has 13 heavy (non-hydrogen) atoms. The van der Waals surface area contributed by atoms with E-state index in [1.165, 1.54) is 5.22 Å². The van der Waals surface area contributed by atoms with Crippen LogP contribution in [0.15, 0.2) is 48.7 Å². The summed E-state index contributed by atoms with van der Waals surface area (Å²) in [5.41, 5.74) is 1.16. The van der Waals surface area contributed by atoms with Crippen LogP contribution in [0.25, 0.3) is 5.70 Å². The van der Waals surface area contributed by atoms with Gasteiger partial charge in [-0.05, 0) is 18.2 Å². The lowest BCUT2D eigenvalue weighted by Gasteiger charge is -2.01. The fourth-order valence-electron chi connectivity index (χ4n) is 1.63. The molecule has 2 heterocycles. The Labute approximate surface area is 75.8 Å². The lowest BCUT2D eigenvalue weighted by molar-refractivity contribution is 0.494. The highest BCUT2D eigenvalue weighted by molar-refractivity contribution is 5.59. The number of benzene rings is 1. The van der Waals surface area contributed by atoms with Crippen molar-refractivity contribution in [2.24, 2.45) is 0 Å². The van der Waals surface area contributed by atoms with Crippen LogP contribution in [0, 0.1) is 0 Å². The fraction of sp³-hybridized carbons (Fsp3) is 0. The van der Waals surface area contributed by atoms with Gasteiger partial charge in [0.05, 0.1) is 11.4 Å². The molecule has 0 bridgehead atoms. The molecule has 0 aromatic heterocycles. The minimum atomic E-state index is 1.05. The number of rotatable bonds is 0. The van der Waals surface area contributed by atoms with Crippen LogP contribution in [0.2, 0.25) is 0 Å². The van der Waals surface area contributed by atoms with Crippen molar-refractivity contribution < 1.29 is 0 Å². The molecule has 2 aliphatic heterocycles. The van der Waals surface area contributed by atoms with E-state index in [4.69, 9.17) is 0 Å².